The van der Waals surface area contributed by atoms with Gasteiger partial charge in [-0.1, -0.05) is 6.92 Å². The van der Waals surface area contributed by atoms with E-state index in [0.29, 0.717) is 18.0 Å². The lowest BCUT2D eigenvalue weighted by atomic mass is 9.82. The van der Waals surface area contributed by atoms with Gasteiger partial charge in [-0.2, -0.15) is 0 Å². The predicted molar refractivity (Wildman–Crippen MR) is 91.3 cm³/mol. The fourth-order valence-electron chi connectivity index (χ4n) is 4.03. The summed E-state index contributed by atoms with van der Waals surface area (Å²) >= 11 is 0. The molecule has 4 atom stereocenters. The summed E-state index contributed by atoms with van der Waals surface area (Å²) in [6.07, 6.45) is 5.53. The minimum absolute atomic E-state index is 0.261. The van der Waals surface area contributed by atoms with Crippen molar-refractivity contribution in [3.63, 3.8) is 0 Å². The molecule has 0 aliphatic carbocycles. The molecule has 4 heterocycles. The van der Waals surface area contributed by atoms with Gasteiger partial charge < -0.3 is 24.1 Å². The quantitative estimate of drug-likeness (QED) is 0.690. The summed E-state index contributed by atoms with van der Waals surface area (Å²) < 4.78 is 22.0. The third-order valence-electron chi connectivity index (χ3n) is 5.72. The molecule has 0 saturated carbocycles. The topological polar surface area (TPSA) is 70.3 Å². The molecule has 1 N–H and O–H groups in total. The number of ether oxygens (including phenoxy) is 4. The van der Waals surface area contributed by atoms with Crippen molar-refractivity contribution in [2.45, 2.75) is 63.4 Å². The van der Waals surface area contributed by atoms with Gasteiger partial charge in [0.2, 0.25) is 0 Å². The molecule has 4 saturated heterocycles. The highest BCUT2D eigenvalue weighted by molar-refractivity contribution is 5.57. The lowest BCUT2D eigenvalue weighted by Gasteiger charge is -2.23. The summed E-state index contributed by atoms with van der Waals surface area (Å²) in [6, 6.07) is 0. The number of rotatable bonds is 9. The fraction of sp³-hybridized carbons (Fsp3) is 0.700. The van der Waals surface area contributed by atoms with Crippen molar-refractivity contribution >= 4 is 0 Å². The second kappa shape index (κ2) is 6.23. The first kappa shape index (κ1) is 16.1. The van der Waals surface area contributed by atoms with E-state index in [1.165, 1.54) is 16.7 Å². The van der Waals surface area contributed by atoms with Crippen LogP contribution >= 0.6 is 0 Å². The molecule has 0 spiro atoms. The summed E-state index contributed by atoms with van der Waals surface area (Å²) in [5.74, 6) is 0.481. The van der Waals surface area contributed by atoms with Crippen LogP contribution in [0, 0.1) is 0 Å². The van der Waals surface area contributed by atoms with Gasteiger partial charge in [-0.15, -0.1) is 0 Å². The number of benzene rings is 1. The maximum atomic E-state index is 11.2. The number of hydrogen-bond donors (Lipinski definition) is 1. The largest absolute Gasteiger partial charge is 0.507 e. The van der Waals surface area contributed by atoms with E-state index in [1.54, 1.807) is 0 Å². The molecule has 136 valence electrons. The van der Waals surface area contributed by atoms with Crippen molar-refractivity contribution in [3.8, 4) is 5.75 Å². The Kier molecular flexibility index (Phi) is 4.01. The van der Waals surface area contributed by atoms with Crippen LogP contribution in [0.25, 0.3) is 0 Å². The molecule has 0 bridgehead atoms. The Labute approximate surface area is 148 Å². The van der Waals surface area contributed by atoms with Gasteiger partial charge in [-0.05, 0) is 23.1 Å². The third kappa shape index (κ3) is 3.56. The molecule has 4 aliphatic heterocycles. The van der Waals surface area contributed by atoms with Crippen LogP contribution < -0.4 is 0 Å². The van der Waals surface area contributed by atoms with Crippen molar-refractivity contribution in [2.24, 2.45) is 0 Å². The summed E-state index contributed by atoms with van der Waals surface area (Å²) in [7, 11) is 0. The third-order valence-corrected chi connectivity index (χ3v) is 5.72. The minimum Gasteiger partial charge on any atom is -0.507 e. The van der Waals surface area contributed by atoms with Crippen molar-refractivity contribution < 1.29 is 24.1 Å². The van der Waals surface area contributed by atoms with Gasteiger partial charge in [-0.25, -0.2) is 0 Å². The van der Waals surface area contributed by atoms with Crippen LogP contribution in [0.5, 0.6) is 5.75 Å². The molecule has 5 nitrogen and oxygen atoms in total. The highest BCUT2D eigenvalue weighted by Crippen LogP contribution is 2.41. The van der Waals surface area contributed by atoms with Gasteiger partial charge in [0.05, 0.1) is 50.8 Å². The summed E-state index contributed by atoms with van der Waals surface area (Å²) in [4.78, 5) is 0. The van der Waals surface area contributed by atoms with Crippen LogP contribution in [0.4, 0.5) is 0 Å². The Balaban J connectivity index is 1.61. The second-order valence-corrected chi connectivity index (χ2v) is 7.73. The predicted octanol–water partition coefficient (Wildman–Crippen LogP) is 1.72. The highest BCUT2D eigenvalue weighted by Gasteiger charge is 2.36. The molecular weight excluding hydrogens is 320 g/mol. The molecule has 25 heavy (non-hydrogen) atoms. The number of aromatic hydroxyl groups is 1. The van der Waals surface area contributed by atoms with Gasteiger partial charge in [0.15, 0.2) is 0 Å². The monoisotopic (exact) mass is 346 g/mol. The van der Waals surface area contributed by atoms with E-state index in [2.05, 4.69) is 6.92 Å². The molecule has 0 amide bonds. The fourth-order valence-corrected chi connectivity index (χ4v) is 4.03. The van der Waals surface area contributed by atoms with E-state index in [-0.39, 0.29) is 12.2 Å². The van der Waals surface area contributed by atoms with Gasteiger partial charge in [0, 0.05) is 36.8 Å². The lowest BCUT2D eigenvalue weighted by Crippen LogP contribution is -2.15. The van der Waals surface area contributed by atoms with E-state index < -0.39 is 0 Å². The van der Waals surface area contributed by atoms with Gasteiger partial charge in [0.25, 0.3) is 0 Å². The number of phenols is 1. The smallest absolute Gasteiger partial charge is 0.122 e. The Morgan fingerprint density at radius 1 is 0.640 bits per heavy atom. The number of phenolic OH excluding ortho intramolecular Hbond substituents is 1. The van der Waals surface area contributed by atoms with Crippen LogP contribution in [0.15, 0.2) is 0 Å². The molecule has 0 aromatic heterocycles. The molecule has 4 fully saturated rings. The van der Waals surface area contributed by atoms with E-state index in [9.17, 15) is 5.11 Å². The van der Waals surface area contributed by atoms with E-state index in [1.807, 2.05) is 0 Å². The van der Waals surface area contributed by atoms with Crippen LogP contribution in [0.3, 0.4) is 0 Å². The summed E-state index contributed by atoms with van der Waals surface area (Å²) in [5.41, 5.74) is 6.18. The molecule has 4 aliphatic rings. The van der Waals surface area contributed by atoms with Crippen LogP contribution in [-0.4, -0.2) is 55.9 Å². The van der Waals surface area contributed by atoms with Crippen molar-refractivity contribution in [3.05, 3.63) is 27.8 Å². The van der Waals surface area contributed by atoms with Crippen molar-refractivity contribution in [1.82, 2.24) is 0 Å². The maximum Gasteiger partial charge on any atom is 0.122 e. The van der Waals surface area contributed by atoms with Gasteiger partial charge >= 0.3 is 0 Å². The summed E-state index contributed by atoms with van der Waals surface area (Å²) in [6.45, 7) is 5.50. The van der Waals surface area contributed by atoms with E-state index >= 15 is 0 Å². The normalized spacial score (nSPS) is 31.9. The van der Waals surface area contributed by atoms with Crippen LogP contribution in [-0.2, 0) is 51.1 Å². The molecular formula is C20H26O5. The molecule has 5 heteroatoms. The van der Waals surface area contributed by atoms with Crippen LogP contribution in [0.1, 0.15) is 34.7 Å². The van der Waals surface area contributed by atoms with E-state index in [4.69, 9.17) is 18.9 Å². The average Bonchev–Trinajstić information content (AvgIpc) is 3.46. The SMILES string of the molecule is CCc1c(CC2CO2)c(CC2CO2)c(O)c(CC2CO2)c1CC1CO1. The lowest BCUT2D eigenvalue weighted by molar-refractivity contribution is 0.387. The Morgan fingerprint density at radius 3 is 1.24 bits per heavy atom. The zero-order chi connectivity index (χ0) is 17.0. The average molecular weight is 346 g/mol. The zero-order valence-corrected chi connectivity index (χ0v) is 14.8. The van der Waals surface area contributed by atoms with Gasteiger partial charge in [0.1, 0.15) is 5.75 Å². The number of epoxide rings is 4. The molecule has 1 aromatic rings. The minimum atomic E-state index is 0.261. The van der Waals surface area contributed by atoms with Crippen LogP contribution in [0.2, 0.25) is 0 Å². The summed E-state index contributed by atoms with van der Waals surface area (Å²) in [5, 5.41) is 11.2. The standard InChI is InChI=1S/C20H26O5/c1-2-15-16(3-11-7-22-11)18(5-13-9-24-13)20(21)19(6-14-10-25-14)17(15)4-12-8-23-12/h11-14,21H,2-10H2,1H3. The van der Waals surface area contributed by atoms with Crippen molar-refractivity contribution in [1.29, 1.82) is 0 Å². The first-order valence-electron chi connectivity index (χ1n) is 9.56. The Morgan fingerprint density at radius 2 is 0.960 bits per heavy atom. The molecule has 4 unspecified atom stereocenters. The molecule has 0 radical (unpaired) electrons. The van der Waals surface area contributed by atoms with Gasteiger partial charge in [-0.3, -0.25) is 0 Å². The highest BCUT2D eigenvalue weighted by atomic mass is 16.6. The first-order chi connectivity index (χ1) is 12.2. The van der Waals surface area contributed by atoms with E-state index in [0.717, 1.165) is 69.7 Å². The molecule has 5 rings (SSSR count). The maximum absolute atomic E-state index is 11.2. The van der Waals surface area contributed by atoms with Crippen molar-refractivity contribution in [2.75, 3.05) is 26.4 Å². The molecule has 1 aromatic carbocycles. The Hall–Kier alpha value is -1.14. The zero-order valence-electron chi connectivity index (χ0n) is 14.8. The first-order valence-corrected chi connectivity index (χ1v) is 9.56. The second-order valence-electron chi connectivity index (χ2n) is 7.73. The number of hydrogen-bond acceptors (Lipinski definition) is 5. The Bertz CT molecular complexity index is 616.